The number of hydrogen-bond acceptors (Lipinski definition) is 3. The van der Waals surface area contributed by atoms with Crippen LogP contribution < -0.4 is 0 Å². The topological polar surface area (TPSA) is 60.8 Å². The number of hydrogen-bond donors (Lipinski definition) is 2. The minimum Gasteiger partial charge on any atom is -0.396 e. The van der Waals surface area contributed by atoms with Crippen molar-refractivity contribution in [1.29, 1.82) is 0 Å². The molecule has 1 saturated carbocycles. The van der Waals surface area contributed by atoms with Crippen molar-refractivity contribution in [2.45, 2.75) is 12.8 Å². The summed E-state index contributed by atoms with van der Waals surface area (Å²) in [7, 11) is 0. The number of carbonyl (C=O) groups is 1. The average molecular weight is 237 g/mol. The lowest BCUT2D eigenvalue weighted by Crippen LogP contribution is -2.39. The molecule has 4 heteroatoms. The van der Waals surface area contributed by atoms with E-state index in [2.05, 4.69) is 12.2 Å². The lowest BCUT2D eigenvalue weighted by molar-refractivity contribution is -0.135. The predicted molar refractivity (Wildman–Crippen MR) is 62.0 cm³/mol. The highest BCUT2D eigenvalue weighted by Gasteiger charge is 2.68. The van der Waals surface area contributed by atoms with Crippen molar-refractivity contribution >= 4 is 5.91 Å². The molecule has 1 heterocycles. The van der Waals surface area contributed by atoms with E-state index in [4.69, 9.17) is 0 Å². The van der Waals surface area contributed by atoms with Crippen LogP contribution >= 0.6 is 0 Å². The number of aliphatic hydroxyl groups is 2. The van der Waals surface area contributed by atoms with Crippen LogP contribution in [0.4, 0.5) is 0 Å². The first-order valence-corrected chi connectivity index (χ1v) is 6.38. The third kappa shape index (κ3) is 1.47. The molecule has 3 aliphatic rings. The van der Waals surface area contributed by atoms with Crippen molar-refractivity contribution in [3.05, 3.63) is 12.2 Å². The van der Waals surface area contributed by atoms with Crippen LogP contribution in [-0.2, 0) is 4.79 Å². The molecule has 1 saturated heterocycles. The fourth-order valence-electron chi connectivity index (χ4n) is 3.61. The van der Waals surface area contributed by atoms with Gasteiger partial charge in [-0.1, -0.05) is 12.2 Å². The summed E-state index contributed by atoms with van der Waals surface area (Å²) in [6.45, 7) is 1.54. The minimum absolute atomic E-state index is 0.0475. The van der Waals surface area contributed by atoms with Crippen molar-refractivity contribution in [3.8, 4) is 0 Å². The average Bonchev–Trinajstić information content (AvgIpc) is 2.84. The standard InChI is InChI=1S/C13H19NO3/c15-7-13(8-16)10-5-14(6-11(10)13)12(17)9-3-1-2-4-9/h1-2,9-11,15-16H,3-8H2. The van der Waals surface area contributed by atoms with Crippen LogP contribution in [0.3, 0.4) is 0 Å². The van der Waals surface area contributed by atoms with E-state index < -0.39 is 0 Å². The first-order valence-electron chi connectivity index (χ1n) is 6.38. The molecule has 0 bridgehead atoms. The lowest BCUT2D eigenvalue weighted by atomic mass is 10.0. The number of allylic oxidation sites excluding steroid dienone is 2. The van der Waals surface area contributed by atoms with Crippen molar-refractivity contribution in [3.63, 3.8) is 0 Å². The molecule has 0 aromatic carbocycles. The summed E-state index contributed by atoms with van der Waals surface area (Å²) in [6.07, 6.45) is 5.89. The van der Waals surface area contributed by atoms with E-state index in [-0.39, 0.29) is 30.5 Å². The molecule has 3 rings (SSSR count). The summed E-state index contributed by atoms with van der Waals surface area (Å²) in [5.41, 5.74) is -0.287. The van der Waals surface area contributed by atoms with Gasteiger partial charge in [0.05, 0.1) is 13.2 Å². The lowest BCUT2D eigenvalue weighted by Gasteiger charge is -2.26. The van der Waals surface area contributed by atoms with E-state index >= 15 is 0 Å². The van der Waals surface area contributed by atoms with Crippen molar-refractivity contribution in [2.24, 2.45) is 23.2 Å². The Labute approximate surface area is 101 Å². The van der Waals surface area contributed by atoms with Gasteiger partial charge in [0.25, 0.3) is 0 Å². The fraction of sp³-hybridized carbons (Fsp3) is 0.769. The molecular weight excluding hydrogens is 218 g/mol. The number of amides is 1. The highest BCUT2D eigenvalue weighted by Crippen LogP contribution is 2.62. The highest BCUT2D eigenvalue weighted by atomic mass is 16.3. The minimum atomic E-state index is -0.287. The van der Waals surface area contributed by atoms with Crippen molar-refractivity contribution < 1.29 is 15.0 Å². The van der Waals surface area contributed by atoms with E-state index in [1.54, 1.807) is 0 Å². The van der Waals surface area contributed by atoms with Crippen LogP contribution in [0.15, 0.2) is 12.2 Å². The number of fused-ring (bicyclic) bond motifs is 1. The smallest absolute Gasteiger partial charge is 0.226 e. The Morgan fingerprint density at radius 3 is 2.18 bits per heavy atom. The van der Waals surface area contributed by atoms with Crippen LogP contribution in [0.5, 0.6) is 0 Å². The second kappa shape index (κ2) is 3.82. The van der Waals surface area contributed by atoms with Gasteiger partial charge in [0, 0.05) is 24.4 Å². The Balaban J connectivity index is 1.59. The molecule has 4 nitrogen and oxygen atoms in total. The van der Waals surface area contributed by atoms with E-state index in [0.717, 1.165) is 25.9 Å². The number of carbonyl (C=O) groups excluding carboxylic acids is 1. The number of nitrogens with zero attached hydrogens (tertiary/aromatic N) is 1. The number of aliphatic hydroxyl groups excluding tert-OH is 2. The van der Waals surface area contributed by atoms with Crippen LogP contribution in [0.25, 0.3) is 0 Å². The zero-order valence-electron chi connectivity index (χ0n) is 9.88. The van der Waals surface area contributed by atoms with Gasteiger partial charge in [0.15, 0.2) is 0 Å². The van der Waals surface area contributed by atoms with Gasteiger partial charge >= 0.3 is 0 Å². The zero-order chi connectivity index (χ0) is 12.0. The first-order chi connectivity index (χ1) is 8.23. The molecule has 17 heavy (non-hydrogen) atoms. The summed E-state index contributed by atoms with van der Waals surface area (Å²) in [5, 5.41) is 18.7. The Hall–Kier alpha value is -0.870. The van der Waals surface area contributed by atoms with Gasteiger partial charge in [-0.3, -0.25) is 4.79 Å². The van der Waals surface area contributed by atoms with Crippen LogP contribution in [-0.4, -0.2) is 47.3 Å². The van der Waals surface area contributed by atoms with E-state index in [1.165, 1.54) is 0 Å². The molecule has 0 spiro atoms. The second-order valence-corrected chi connectivity index (χ2v) is 5.65. The fourth-order valence-corrected chi connectivity index (χ4v) is 3.61. The van der Waals surface area contributed by atoms with E-state index in [0.29, 0.717) is 11.8 Å². The predicted octanol–water partition coefficient (Wildman–Crippen LogP) is 0.0118. The molecular formula is C13H19NO3. The van der Waals surface area contributed by atoms with Gasteiger partial charge < -0.3 is 15.1 Å². The molecule has 2 fully saturated rings. The second-order valence-electron chi connectivity index (χ2n) is 5.65. The summed E-state index contributed by atoms with van der Waals surface area (Å²) >= 11 is 0. The van der Waals surface area contributed by atoms with Crippen LogP contribution in [0.1, 0.15) is 12.8 Å². The Bertz CT molecular complexity index is 340. The molecule has 2 unspecified atom stereocenters. The quantitative estimate of drug-likeness (QED) is 0.680. The number of likely N-dealkylation sites (tertiary alicyclic amines) is 1. The molecule has 0 radical (unpaired) electrons. The number of piperidine rings is 1. The van der Waals surface area contributed by atoms with Gasteiger partial charge in [-0.15, -0.1) is 0 Å². The molecule has 1 aliphatic heterocycles. The van der Waals surface area contributed by atoms with E-state index in [9.17, 15) is 15.0 Å². The molecule has 1 amide bonds. The SMILES string of the molecule is O=C(C1CC=CC1)N1CC2C(C1)C2(CO)CO. The van der Waals surface area contributed by atoms with Crippen LogP contribution in [0.2, 0.25) is 0 Å². The molecule has 2 N–H and O–H groups in total. The highest BCUT2D eigenvalue weighted by molar-refractivity contribution is 5.80. The first kappa shape index (κ1) is 11.2. The van der Waals surface area contributed by atoms with Gasteiger partial charge in [0.2, 0.25) is 5.91 Å². The molecule has 94 valence electrons. The summed E-state index contributed by atoms with van der Waals surface area (Å²) < 4.78 is 0. The molecule has 0 aromatic rings. The number of rotatable bonds is 3. The summed E-state index contributed by atoms with van der Waals surface area (Å²) in [6, 6.07) is 0. The van der Waals surface area contributed by atoms with E-state index in [1.807, 2.05) is 4.90 Å². The zero-order valence-corrected chi connectivity index (χ0v) is 9.88. The Morgan fingerprint density at radius 2 is 1.71 bits per heavy atom. The maximum Gasteiger partial charge on any atom is 0.226 e. The van der Waals surface area contributed by atoms with Crippen LogP contribution in [0, 0.1) is 23.2 Å². The molecule has 2 aliphatic carbocycles. The van der Waals surface area contributed by atoms with Crippen molar-refractivity contribution in [2.75, 3.05) is 26.3 Å². The normalized spacial score (nSPS) is 34.1. The van der Waals surface area contributed by atoms with Gasteiger partial charge in [-0.25, -0.2) is 0 Å². The summed E-state index contributed by atoms with van der Waals surface area (Å²) in [4.78, 5) is 14.1. The maximum atomic E-state index is 12.2. The van der Waals surface area contributed by atoms with Gasteiger partial charge in [-0.05, 0) is 24.7 Å². The molecule has 2 atom stereocenters. The molecule has 0 aromatic heterocycles. The Morgan fingerprint density at radius 1 is 1.18 bits per heavy atom. The monoisotopic (exact) mass is 237 g/mol. The maximum absolute atomic E-state index is 12.2. The van der Waals surface area contributed by atoms with Gasteiger partial charge in [-0.2, -0.15) is 0 Å². The third-order valence-electron chi connectivity index (χ3n) is 4.95. The van der Waals surface area contributed by atoms with Crippen molar-refractivity contribution in [1.82, 2.24) is 4.90 Å². The van der Waals surface area contributed by atoms with Gasteiger partial charge in [0.1, 0.15) is 0 Å². The summed E-state index contributed by atoms with van der Waals surface area (Å²) in [5.74, 6) is 1.03. The largest absolute Gasteiger partial charge is 0.396 e. The Kier molecular flexibility index (Phi) is 2.52. The third-order valence-corrected chi connectivity index (χ3v) is 4.95.